The summed E-state index contributed by atoms with van der Waals surface area (Å²) in [5.74, 6) is -0.355. The number of nitrogens with one attached hydrogen (secondary N) is 4. The fraction of sp³-hybridized carbons (Fsp3) is 0.333. The highest BCUT2D eigenvalue weighted by molar-refractivity contribution is 5.95. The van der Waals surface area contributed by atoms with Gasteiger partial charge in [-0.3, -0.25) is 19.6 Å². The van der Waals surface area contributed by atoms with E-state index in [4.69, 9.17) is 0 Å². The number of fused-ring (bicyclic) bond motifs is 1. The first-order valence-electron chi connectivity index (χ1n) is 6.09. The number of H-pyrrole nitrogens is 2. The van der Waals surface area contributed by atoms with Crippen LogP contribution in [0.5, 0.6) is 0 Å². The van der Waals surface area contributed by atoms with Gasteiger partial charge < -0.3 is 10.6 Å². The summed E-state index contributed by atoms with van der Waals surface area (Å²) in [6.45, 7) is 2.77. The fourth-order valence-corrected chi connectivity index (χ4v) is 1.86. The van der Waals surface area contributed by atoms with Crippen LogP contribution >= 0.6 is 24.8 Å². The predicted molar refractivity (Wildman–Crippen MR) is 88.5 cm³/mol. The molecule has 0 aliphatic rings. The Bertz CT molecular complexity index is 771. The zero-order valence-electron chi connectivity index (χ0n) is 12.0. The van der Waals surface area contributed by atoms with E-state index in [2.05, 4.69) is 25.6 Å². The second-order valence-corrected chi connectivity index (χ2v) is 4.32. The number of likely N-dealkylation sites (N-methyl/N-ethyl adjacent to an activating group) is 1. The van der Waals surface area contributed by atoms with Crippen LogP contribution in [0.2, 0.25) is 0 Å². The van der Waals surface area contributed by atoms with E-state index in [1.54, 1.807) is 14.0 Å². The van der Waals surface area contributed by atoms with Crippen LogP contribution < -0.4 is 21.9 Å². The van der Waals surface area contributed by atoms with Gasteiger partial charge in [-0.2, -0.15) is 0 Å². The molecule has 2 rings (SSSR count). The molecule has 2 aromatic heterocycles. The van der Waals surface area contributed by atoms with Crippen LogP contribution in [0, 0.1) is 6.92 Å². The summed E-state index contributed by atoms with van der Waals surface area (Å²) in [4.78, 5) is 43.4. The van der Waals surface area contributed by atoms with E-state index in [0.29, 0.717) is 18.7 Å². The van der Waals surface area contributed by atoms with Crippen LogP contribution in [0.25, 0.3) is 11.0 Å². The van der Waals surface area contributed by atoms with E-state index < -0.39 is 11.2 Å². The molecule has 0 fully saturated rings. The molecular weight excluding hydrogens is 333 g/mol. The largest absolute Gasteiger partial charge is 0.349 e. The van der Waals surface area contributed by atoms with Crippen molar-refractivity contribution in [1.82, 2.24) is 25.6 Å². The summed E-state index contributed by atoms with van der Waals surface area (Å²) < 4.78 is 0. The lowest BCUT2D eigenvalue weighted by molar-refractivity contribution is 0.0949. The summed E-state index contributed by atoms with van der Waals surface area (Å²) in [6, 6.07) is 1.52. The van der Waals surface area contributed by atoms with Crippen LogP contribution in [-0.4, -0.2) is 41.0 Å². The molecule has 0 unspecified atom stereocenters. The van der Waals surface area contributed by atoms with Gasteiger partial charge >= 0.3 is 5.69 Å². The molecule has 0 saturated heterocycles. The van der Waals surface area contributed by atoms with Crippen LogP contribution in [0.4, 0.5) is 0 Å². The van der Waals surface area contributed by atoms with Crippen LogP contribution in [0.15, 0.2) is 15.7 Å². The van der Waals surface area contributed by atoms with Crippen LogP contribution in [0.1, 0.15) is 16.1 Å². The third-order valence-corrected chi connectivity index (χ3v) is 2.80. The number of amides is 1. The molecule has 8 nitrogen and oxygen atoms in total. The highest BCUT2D eigenvalue weighted by atomic mass is 35.5. The number of aryl methyl sites for hydroxylation is 1. The van der Waals surface area contributed by atoms with E-state index in [0.717, 1.165) is 0 Å². The van der Waals surface area contributed by atoms with Gasteiger partial charge in [0.15, 0.2) is 0 Å². The Balaban J connectivity index is 0.00000220. The first kappa shape index (κ1) is 20.1. The quantitative estimate of drug-likeness (QED) is 0.565. The minimum absolute atomic E-state index is 0. The number of hydrogen-bond acceptors (Lipinski definition) is 5. The lowest BCUT2D eigenvalue weighted by Gasteiger charge is -2.06. The van der Waals surface area contributed by atoms with Gasteiger partial charge in [-0.05, 0) is 25.6 Å². The predicted octanol–water partition coefficient (Wildman–Crippen LogP) is -0.287. The normalized spacial score (nSPS) is 9.73. The number of nitrogens with zero attached hydrogens (tertiary/aromatic N) is 1. The molecule has 0 aromatic carbocycles. The number of aromatic amines is 2. The number of hydrogen-bond donors (Lipinski definition) is 4. The van der Waals surface area contributed by atoms with Gasteiger partial charge in [-0.15, -0.1) is 24.8 Å². The standard InChI is InChI=1S/C12H15N5O3.2ClH/c1-6-5-7(10(18)14-4-3-13-2)15-9-8(6)11(19)17-12(20)16-9;;/h5,13H,3-4H2,1-2H3,(H,14,18)(H2,15,16,17,19,20);2*1H. The molecule has 22 heavy (non-hydrogen) atoms. The molecule has 0 radical (unpaired) electrons. The Morgan fingerprint density at radius 1 is 1.23 bits per heavy atom. The Morgan fingerprint density at radius 2 is 1.91 bits per heavy atom. The number of pyridine rings is 1. The Kier molecular flexibility index (Phi) is 7.78. The second-order valence-electron chi connectivity index (χ2n) is 4.32. The van der Waals surface area contributed by atoms with Crippen molar-refractivity contribution in [2.24, 2.45) is 0 Å². The second kappa shape index (κ2) is 8.52. The fourth-order valence-electron chi connectivity index (χ4n) is 1.86. The first-order valence-corrected chi connectivity index (χ1v) is 6.09. The monoisotopic (exact) mass is 349 g/mol. The molecule has 2 heterocycles. The van der Waals surface area contributed by atoms with E-state index in [-0.39, 0.29) is 47.4 Å². The number of aromatic nitrogens is 3. The number of halogens is 2. The average molecular weight is 350 g/mol. The summed E-state index contributed by atoms with van der Waals surface area (Å²) in [7, 11) is 1.78. The maximum absolute atomic E-state index is 11.9. The molecule has 0 spiro atoms. The summed E-state index contributed by atoms with van der Waals surface area (Å²) in [6.07, 6.45) is 0. The zero-order valence-corrected chi connectivity index (χ0v) is 13.6. The third kappa shape index (κ3) is 4.30. The molecule has 2 aromatic rings. The molecule has 10 heteroatoms. The molecule has 0 aliphatic carbocycles. The van der Waals surface area contributed by atoms with Gasteiger partial charge in [0.2, 0.25) is 0 Å². The highest BCUT2D eigenvalue weighted by Gasteiger charge is 2.12. The lowest BCUT2D eigenvalue weighted by Crippen LogP contribution is -2.31. The molecule has 0 atom stereocenters. The van der Waals surface area contributed by atoms with Crippen molar-refractivity contribution in [3.8, 4) is 0 Å². The van der Waals surface area contributed by atoms with Crippen molar-refractivity contribution in [3.63, 3.8) is 0 Å². The average Bonchev–Trinajstić information content (AvgIpc) is 2.37. The SMILES string of the molecule is CNCCNC(=O)c1cc(C)c2c(=O)[nH]c(=O)[nH]c2n1.Cl.Cl. The van der Waals surface area contributed by atoms with Gasteiger partial charge in [0.25, 0.3) is 11.5 Å². The van der Waals surface area contributed by atoms with Crippen molar-refractivity contribution in [1.29, 1.82) is 0 Å². The Hall–Kier alpha value is -1.90. The maximum atomic E-state index is 11.9. The summed E-state index contributed by atoms with van der Waals surface area (Å²) in [5.41, 5.74) is -0.325. The summed E-state index contributed by atoms with van der Waals surface area (Å²) in [5, 5.41) is 5.86. The van der Waals surface area contributed by atoms with Crippen molar-refractivity contribution in [3.05, 3.63) is 38.2 Å². The Morgan fingerprint density at radius 3 is 2.55 bits per heavy atom. The van der Waals surface area contributed by atoms with Crippen molar-refractivity contribution in [2.45, 2.75) is 6.92 Å². The Labute approximate surface area is 137 Å². The van der Waals surface area contributed by atoms with Gasteiger partial charge in [0.05, 0.1) is 5.39 Å². The smallest absolute Gasteiger partial charge is 0.327 e. The molecule has 0 saturated carbocycles. The van der Waals surface area contributed by atoms with Crippen molar-refractivity contribution >= 4 is 41.8 Å². The van der Waals surface area contributed by atoms with Crippen molar-refractivity contribution < 1.29 is 4.79 Å². The third-order valence-electron chi connectivity index (χ3n) is 2.80. The lowest BCUT2D eigenvalue weighted by atomic mass is 10.1. The molecule has 4 N–H and O–H groups in total. The van der Waals surface area contributed by atoms with Crippen LogP contribution in [0.3, 0.4) is 0 Å². The highest BCUT2D eigenvalue weighted by Crippen LogP contribution is 2.10. The number of carbonyl (C=O) groups is 1. The number of rotatable bonds is 4. The minimum Gasteiger partial charge on any atom is -0.349 e. The molecule has 122 valence electrons. The van der Waals surface area contributed by atoms with Gasteiger partial charge in [0, 0.05) is 13.1 Å². The summed E-state index contributed by atoms with van der Waals surface area (Å²) >= 11 is 0. The zero-order chi connectivity index (χ0) is 14.7. The van der Waals surface area contributed by atoms with E-state index in [1.165, 1.54) is 6.07 Å². The minimum atomic E-state index is -0.651. The number of carbonyl (C=O) groups excluding carboxylic acids is 1. The van der Waals surface area contributed by atoms with E-state index in [9.17, 15) is 14.4 Å². The van der Waals surface area contributed by atoms with Gasteiger partial charge in [-0.25, -0.2) is 9.78 Å². The first-order chi connectivity index (χ1) is 9.52. The topological polar surface area (TPSA) is 120 Å². The van der Waals surface area contributed by atoms with Crippen molar-refractivity contribution in [2.75, 3.05) is 20.1 Å². The molecule has 0 aliphatic heterocycles. The van der Waals surface area contributed by atoms with E-state index >= 15 is 0 Å². The maximum Gasteiger partial charge on any atom is 0.327 e. The van der Waals surface area contributed by atoms with Crippen LogP contribution in [-0.2, 0) is 0 Å². The molecule has 0 bridgehead atoms. The van der Waals surface area contributed by atoms with E-state index in [1.807, 2.05) is 0 Å². The molecular formula is C12H17Cl2N5O3. The van der Waals surface area contributed by atoms with Gasteiger partial charge in [-0.1, -0.05) is 0 Å². The molecule has 1 amide bonds. The van der Waals surface area contributed by atoms with Gasteiger partial charge in [0.1, 0.15) is 11.3 Å².